The molecule has 5 aromatic carbocycles. The van der Waals surface area contributed by atoms with Crippen LogP contribution in [-0.4, -0.2) is 19.1 Å². The predicted octanol–water partition coefficient (Wildman–Crippen LogP) is 10.1. The number of thiazole rings is 1. The van der Waals surface area contributed by atoms with E-state index in [1.165, 1.54) is 32.6 Å². The third-order valence-electron chi connectivity index (χ3n) is 8.25. The standard InChI is InChI=1S/C38H24N4S/c1-3-12-25(13-4-1)35-38(43-37(40-35)26-14-5-2-6-15-26)42-31-19-9-7-17-28(31)29-21-22-33-34(36(29)42)30-18-8-10-20-32(30)41(33)27-16-11-23-39-24-27/h1-24H. The Morgan fingerprint density at radius 3 is 1.93 bits per heavy atom. The first kappa shape index (κ1) is 24.1. The molecule has 0 saturated heterocycles. The minimum Gasteiger partial charge on any atom is -0.308 e. The van der Waals surface area contributed by atoms with E-state index in [0.29, 0.717) is 0 Å². The Bertz CT molecular complexity index is 2440. The van der Waals surface area contributed by atoms with Gasteiger partial charge in [0, 0.05) is 38.9 Å². The number of para-hydroxylation sites is 2. The molecule has 9 rings (SSSR count). The molecule has 4 aromatic heterocycles. The van der Waals surface area contributed by atoms with E-state index in [0.717, 1.165) is 43.6 Å². The van der Waals surface area contributed by atoms with Crippen LogP contribution >= 0.6 is 11.3 Å². The molecule has 0 aliphatic carbocycles. The summed E-state index contributed by atoms with van der Waals surface area (Å²) in [5.41, 5.74) is 8.93. The molecule has 0 amide bonds. The summed E-state index contributed by atoms with van der Waals surface area (Å²) in [6.45, 7) is 0. The van der Waals surface area contributed by atoms with Gasteiger partial charge in [-0.2, -0.15) is 0 Å². The first-order valence-corrected chi connectivity index (χ1v) is 15.2. The molecule has 0 radical (unpaired) electrons. The van der Waals surface area contributed by atoms with Crippen molar-refractivity contribution in [2.75, 3.05) is 0 Å². The molecule has 0 unspecified atom stereocenters. The molecule has 4 nitrogen and oxygen atoms in total. The van der Waals surface area contributed by atoms with Gasteiger partial charge in [-0.25, -0.2) is 4.98 Å². The lowest BCUT2D eigenvalue weighted by molar-refractivity contribution is 1.14. The van der Waals surface area contributed by atoms with Gasteiger partial charge in [0.15, 0.2) is 0 Å². The van der Waals surface area contributed by atoms with Crippen LogP contribution in [0.5, 0.6) is 0 Å². The molecule has 43 heavy (non-hydrogen) atoms. The highest BCUT2D eigenvalue weighted by molar-refractivity contribution is 7.18. The number of hydrogen-bond acceptors (Lipinski definition) is 3. The van der Waals surface area contributed by atoms with Gasteiger partial charge in [-0.15, -0.1) is 0 Å². The lowest BCUT2D eigenvalue weighted by Crippen LogP contribution is -1.96. The highest BCUT2D eigenvalue weighted by Crippen LogP contribution is 2.45. The van der Waals surface area contributed by atoms with Gasteiger partial charge in [-0.3, -0.25) is 9.55 Å². The van der Waals surface area contributed by atoms with E-state index in [2.05, 4.69) is 142 Å². The lowest BCUT2D eigenvalue weighted by Gasteiger charge is -2.10. The van der Waals surface area contributed by atoms with Gasteiger partial charge in [0.2, 0.25) is 0 Å². The first-order chi connectivity index (χ1) is 21.4. The fraction of sp³-hybridized carbons (Fsp3) is 0. The third-order valence-corrected chi connectivity index (χ3v) is 9.34. The maximum absolute atomic E-state index is 5.30. The Labute approximate surface area is 251 Å². The summed E-state index contributed by atoms with van der Waals surface area (Å²) in [6, 6.07) is 47.2. The Hall–Kier alpha value is -5.52. The van der Waals surface area contributed by atoms with Gasteiger partial charge >= 0.3 is 0 Å². The van der Waals surface area contributed by atoms with E-state index in [-0.39, 0.29) is 0 Å². The van der Waals surface area contributed by atoms with E-state index < -0.39 is 0 Å². The average Bonchev–Trinajstić information content (AvgIpc) is 3.76. The molecule has 0 aliphatic rings. The number of rotatable bonds is 4. The molecule has 0 fully saturated rings. The number of aromatic nitrogens is 4. The van der Waals surface area contributed by atoms with Crippen LogP contribution in [0.2, 0.25) is 0 Å². The van der Waals surface area contributed by atoms with Crippen LogP contribution in [0.3, 0.4) is 0 Å². The largest absolute Gasteiger partial charge is 0.308 e. The second-order valence-corrected chi connectivity index (χ2v) is 11.7. The van der Waals surface area contributed by atoms with Crippen molar-refractivity contribution in [3.63, 3.8) is 0 Å². The summed E-state index contributed by atoms with van der Waals surface area (Å²) >= 11 is 1.75. The quantitative estimate of drug-likeness (QED) is 0.212. The van der Waals surface area contributed by atoms with E-state index in [1.54, 1.807) is 11.3 Å². The van der Waals surface area contributed by atoms with Crippen molar-refractivity contribution >= 4 is 54.9 Å². The number of benzene rings is 5. The molecule has 9 aromatic rings. The zero-order valence-electron chi connectivity index (χ0n) is 23.1. The SMILES string of the molecule is c1ccc(-c2nc(-c3ccccc3)c(-n3c4ccccc4c4ccc5c(c6ccccc6n5-c5cccnc5)c43)s2)cc1. The average molecular weight is 569 g/mol. The van der Waals surface area contributed by atoms with E-state index >= 15 is 0 Å². The van der Waals surface area contributed by atoms with Gasteiger partial charge in [0.1, 0.15) is 15.7 Å². The van der Waals surface area contributed by atoms with Gasteiger partial charge < -0.3 is 4.57 Å². The zero-order chi connectivity index (χ0) is 28.3. The fourth-order valence-electron chi connectivity index (χ4n) is 6.44. The summed E-state index contributed by atoms with van der Waals surface area (Å²) in [5.74, 6) is 0. The van der Waals surface area contributed by atoms with Crippen LogP contribution < -0.4 is 0 Å². The van der Waals surface area contributed by atoms with Crippen LogP contribution in [0.4, 0.5) is 0 Å². The molecule has 0 saturated carbocycles. The molecule has 0 aliphatic heterocycles. The minimum absolute atomic E-state index is 0.986. The van der Waals surface area contributed by atoms with Gasteiger partial charge in [0.25, 0.3) is 0 Å². The second-order valence-electron chi connectivity index (χ2n) is 10.7. The molecular weight excluding hydrogens is 545 g/mol. The molecule has 4 heterocycles. The maximum Gasteiger partial charge on any atom is 0.129 e. The summed E-state index contributed by atoms with van der Waals surface area (Å²) in [7, 11) is 0. The van der Waals surface area contributed by atoms with Gasteiger partial charge in [0.05, 0.1) is 34.0 Å². The zero-order valence-corrected chi connectivity index (χ0v) is 23.9. The Balaban J connectivity index is 1.48. The van der Waals surface area contributed by atoms with Gasteiger partial charge in [-0.1, -0.05) is 114 Å². The predicted molar refractivity (Wildman–Crippen MR) is 179 cm³/mol. The summed E-state index contributed by atoms with van der Waals surface area (Å²) in [5, 5.41) is 7.01. The number of pyridine rings is 1. The molecular formula is C38H24N4S. The smallest absolute Gasteiger partial charge is 0.129 e. The Kier molecular flexibility index (Phi) is 5.33. The van der Waals surface area contributed by atoms with Crippen molar-refractivity contribution in [3.05, 3.63) is 146 Å². The van der Waals surface area contributed by atoms with Gasteiger partial charge in [-0.05, 0) is 30.3 Å². The highest BCUT2D eigenvalue weighted by atomic mass is 32.1. The van der Waals surface area contributed by atoms with Crippen molar-refractivity contribution < 1.29 is 0 Å². The second kappa shape index (κ2) is 9.51. The van der Waals surface area contributed by atoms with E-state index in [1.807, 2.05) is 18.5 Å². The topological polar surface area (TPSA) is 35.6 Å². The number of fused-ring (bicyclic) bond motifs is 7. The Morgan fingerprint density at radius 1 is 0.512 bits per heavy atom. The monoisotopic (exact) mass is 568 g/mol. The van der Waals surface area contributed by atoms with E-state index in [9.17, 15) is 0 Å². The molecule has 0 atom stereocenters. The molecule has 0 bridgehead atoms. The Morgan fingerprint density at radius 2 is 1.19 bits per heavy atom. The normalized spacial score (nSPS) is 11.7. The van der Waals surface area contributed by atoms with Crippen LogP contribution in [0, 0.1) is 0 Å². The summed E-state index contributed by atoms with van der Waals surface area (Å²) < 4.78 is 4.79. The molecule has 0 N–H and O–H groups in total. The first-order valence-electron chi connectivity index (χ1n) is 14.3. The highest BCUT2D eigenvalue weighted by Gasteiger charge is 2.24. The van der Waals surface area contributed by atoms with Crippen molar-refractivity contribution in [2.45, 2.75) is 0 Å². The third kappa shape index (κ3) is 3.62. The molecule has 5 heteroatoms. The minimum atomic E-state index is 0.986. The molecule has 202 valence electrons. The summed E-state index contributed by atoms with van der Waals surface area (Å²) in [4.78, 5) is 9.76. The number of hydrogen-bond donors (Lipinski definition) is 0. The van der Waals surface area contributed by atoms with Crippen LogP contribution in [0.25, 0.3) is 76.1 Å². The van der Waals surface area contributed by atoms with Crippen LogP contribution in [-0.2, 0) is 0 Å². The van der Waals surface area contributed by atoms with Crippen molar-refractivity contribution in [1.82, 2.24) is 19.1 Å². The maximum atomic E-state index is 5.30. The summed E-state index contributed by atoms with van der Waals surface area (Å²) in [6.07, 6.45) is 3.77. The fourth-order valence-corrected chi connectivity index (χ4v) is 7.55. The number of nitrogens with zero attached hydrogens (tertiary/aromatic N) is 4. The lowest BCUT2D eigenvalue weighted by atomic mass is 10.1. The van der Waals surface area contributed by atoms with E-state index in [4.69, 9.17) is 4.98 Å². The van der Waals surface area contributed by atoms with Crippen molar-refractivity contribution in [1.29, 1.82) is 0 Å². The van der Waals surface area contributed by atoms with Crippen molar-refractivity contribution in [3.8, 4) is 32.5 Å². The van der Waals surface area contributed by atoms with Crippen LogP contribution in [0.1, 0.15) is 0 Å². The van der Waals surface area contributed by atoms with Crippen molar-refractivity contribution in [2.24, 2.45) is 0 Å². The molecule has 0 spiro atoms. The van der Waals surface area contributed by atoms with Crippen LogP contribution in [0.15, 0.2) is 146 Å².